The van der Waals surface area contributed by atoms with Gasteiger partial charge in [-0.25, -0.2) is 4.79 Å². The Morgan fingerprint density at radius 2 is 2.04 bits per heavy atom. The van der Waals surface area contributed by atoms with Gasteiger partial charge >= 0.3 is 6.09 Å². The molecule has 0 aromatic heterocycles. The van der Waals surface area contributed by atoms with Gasteiger partial charge in [-0.15, -0.1) is 0 Å². The Morgan fingerprint density at radius 1 is 1.23 bits per heavy atom. The average molecular weight is 353 g/mol. The second-order valence-electron chi connectivity index (χ2n) is 6.27. The van der Waals surface area contributed by atoms with E-state index in [0.717, 1.165) is 10.9 Å². The smallest absolute Gasteiger partial charge is 0.404 e. The summed E-state index contributed by atoms with van der Waals surface area (Å²) in [6.45, 7) is 0.113. The SMILES string of the molecule is O=C(O)NCc1ccc2c3c(cccc13)N(C1CCC(=O)NC1=O)C2=O. The molecular weight excluding hydrogens is 338 g/mol. The predicted octanol–water partition coefficient (Wildman–Crippen LogP) is 1.37. The van der Waals surface area contributed by atoms with Gasteiger partial charge in [0.25, 0.3) is 5.91 Å². The molecule has 0 saturated carbocycles. The number of benzene rings is 2. The van der Waals surface area contributed by atoms with Gasteiger partial charge in [-0.05, 0) is 29.5 Å². The van der Waals surface area contributed by atoms with E-state index in [9.17, 15) is 19.2 Å². The molecule has 2 heterocycles. The van der Waals surface area contributed by atoms with Crippen molar-refractivity contribution in [2.75, 3.05) is 4.90 Å². The van der Waals surface area contributed by atoms with Crippen LogP contribution in [-0.4, -0.2) is 35.0 Å². The summed E-state index contributed by atoms with van der Waals surface area (Å²) in [5.41, 5.74) is 1.82. The Morgan fingerprint density at radius 3 is 2.77 bits per heavy atom. The maximum Gasteiger partial charge on any atom is 0.404 e. The number of amides is 4. The molecule has 8 nitrogen and oxygen atoms in total. The number of imide groups is 1. The summed E-state index contributed by atoms with van der Waals surface area (Å²) in [5, 5.41) is 14.9. The van der Waals surface area contributed by atoms with Gasteiger partial charge in [0.1, 0.15) is 6.04 Å². The van der Waals surface area contributed by atoms with Gasteiger partial charge in [0, 0.05) is 23.9 Å². The lowest BCUT2D eigenvalue weighted by atomic mass is 10.00. The fourth-order valence-corrected chi connectivity index (χ4v) is 3.63. The van der Waals surface area contributed by atoms with Crippen LogP contribution in [0.5, 0.6) is 0 Å². The fraction of sp³-hybridized carbons (Fsp3) is 0.222. The van der Waals surface area contributed by atoms with Crippen molar-refractivity contribution in [2.24, 2.45) is 0 Å². The Labute approximate surface area is 147 Å². The van der Waals surface area contributed by atoms with E-state index in [2.05, 4.69) is 10.6 Å². The van der Waals surface area contributed by atoms with E-state index in [1.807, 2.05) is 6.07 Å². The lowest BCUT2D eigenvalue weighted by Gasteiger charge is -2.30. The minimum absolute atomic E-state index is 0.113. The van der Waals surface area contributed by atoms with Gasteiger partial charge in [0.05, 0.1) is 5.69 Å². The lowest BCUT2D eigenvalue weighted by molar-refractivity contribution is -0.134. The summed E-state index contributed by atoms with van der Waals surface area (Å²) in [5.74, 6) is -1.11. The molecule has 4 amide bonds. The van der Waals surface area contributed by atoms with Gasteiger partial charge in [-0.2, -0.15) is 0 Å². The standard InChI is InChI=1S/C18H15N3O5/c22-14-7-6-13(16(23)20-14)21-12-3-1-2-10-9(8-19-18(25)26)4-5-11(15(10)12)17(21)24/h1-5,13,19H,6-8H2,(H,25,26)(H,20,22,23). The molecule has 0 aliphatic carbocycles. The maximum absolute atomic E-state index is 12.9. The third-order valence-corrected chi connectivity index (χ3v) is 4.77. The molecule has 132 valence electrons. The Hall–Kier alpha value is -3.42. The van der Waals surface area contributed by atoms with Crippen molar-refractivity contribution in [1.29, 1.82) is 0 Å². The van der Waals surface area contributed by atoms with E-state index in [-0.39, 0.29) is 31.2 Å². The average Bonchev–Trinajstić information content (AvgIpc) is 2.88. The number of hydrogen-bond acceptors (Lipinski definition) is 4. The van der Waals surface area contributed by atoms with Crippen LogP contribution in [0.25, 0.3) is 10.8 Å². The highest BCUT2D eigenvalue weighted by Gasteiger charge is 2.40. The van der Waals surface area contributed by atoms with Crippen molar-refractivity contribution in [1.82, 2.24) is 10.6 Å². The molecule has 4 rings (SSSR count). The molecule has 0 bridgehead atoms. The maximum atomic E-state index is 12.9. The van der Waals surface area contributed by atoms with Crippen LogP contribution in [-0.2, 0) is 16.1 Å². The zero-order chi connectivity index (χ0) is 18.4. The molecule has 1 atom stereocenters. The lowest BCUT2D eigenvalue weighted by Crippen LogP contribution is -2.53. The van der Waals surface area contributed by atoms with Crippen molar-refractivity contribution in [2.45, 2.75) is 25.4 Å². The number of rotatable bonds is 3. The number of hydrogen-bond donors (Lipinski definition) is 3. The molecular formula is C18H15N3O5. The first kappa shape index (κ1) is 16.1. The van der Waals surface area contributed by atoms with Crippen molar-refractivity contribution < 1.29 is 24.3 Å². The van der Waals surface area contributed by atoms with Crippen LogP contribution in [0.2, 0.25) is 0 Å². The minimum Gasteiger partial charge on any atom is -0.465 e. The first-order valence-corrected chi connectivity index (χ1v) is 8.16. The second-order valence-corrected chi connectivity index (χ2v) is 6.27. The van der Waals surface area contributed by atoms with E-state index in [1.54, 1.807) is 24.3 Å². The number of carbonyl (C=O) groups excluding carboxylic acids is 3. The Kier molecular flexibility index (Phi) is 3.61. The van der Waals surface area contributed by atoms with Crippen LogP contribution in [0, 0.1) is 0 Å². The molecule has 8 heteroatoms. The monoisotopic (exact) mass is 353 g/mol. The van der Waals surface area contributed by atoms with Gasteiger partial charge in [-0.3, -0.25) is 24.6 Å². The first-order valence-electron chi connectivity index (χ1n) is 8.16. The Bertz CT molecular complexity index is 984. The van der Waals surface area contributed by atoms with Crippen molar-refractivity contribution in [3.8, 4) is 0 Å². The topological polar surface area (TPSA) is 116 Å². The first-order chi connectivity index (χ1) is 12.5. The molecule has 3 N–H and O–H groups in total. The van der Waals surface area contributed by atoms with E-state index in [4.69, 9.17) is 5.11 Å². The summed E-state index contributed by atoms with van der Waals surface area (Å²) in [7, 11) is 0. The normalized spacial score (nSPS) is 19.0. The van der Waals surface area contributed by atoms with Gasteiger partial charge in [0.2, 0.25) is 11.8 Å². The second kappa shape index (κ2) is 5.83. The third kappa shape index (κ3) is 2.38. The van der Waals surface area contributed by atoms with Crippen LogP contribution in [0.3, 0.4) is 0 Å². The highest BCUT2D eigenvalue weighted by molar-refractivity contribution is 6.27. The van der Waals surface area contributed by atoms with Crippen molar-refractivity contribution in [3.05, 3.63) is 41.5 Å². The van der Waals surface area contributed by atoms with E-state index < -0.39 is 18.0 Å². The molecule has 0 radical (unpaired) electrons. The summed E-state index contributed by atoms with van der Waals surface area (Å²) >= 11 is 0. The molecule has 1 saturated heterocycles. The molecule has 1 fully saturated rings. The molecule has 2 aromatic rings. The summed E-state index contributed by atoms with van der Waals surface area (Å²) < 4.78 is 0. The molecule has 2 aromatic carbocycles. The summed E-state index contributed by atoms with van der Waals surface area (Å²) in [6.07, 6.45) is -0.677. The van der Waals surface area contributed by atoms with Crippen LogP contribution in [0.4, 0.5) is 10.5 Å². The number of carboxylic acid groups (broad SMARTS) is 1. The van der Waals surface area contributed by atoms with Crippen LogP contribution in [0.15, 0.2) is 30.3 Å². The summed E-state index contributed by atoms with van der Waals surface area (Å²) in [6, 6.07) is 7.97. The van der Waals surface area contributed by atoms with E-state index in [1.165, 1.54) is 4.90 Å². The molecule has 2 aliphatic rings. The largest absolute Gasteiger partial charge is 0.465 e. The zero-order valence-corrected chi connectivity index (χ0v) is 13.6. The van der Waals surface area contributed by atoms with Gasteiger partial charge in [0.15, 0.2) is 0 Å². The van der Waals surface area contributed by atoms with Crippen molar-refractivity contribution >= 4 is 40.3 Å². The Balaban J connectivity index is 1.80. The van der Waals surface area contributed by atoms with E-state index in [0.29, 0.717) is 16.6 Å². The van der Waals surface area contributed by atoms with Crippen LogP contribution < -0.4 is 15.5 Å². The number of nitrogens with one attached hydrogen (secondary N) is 2. The predicted molar refractivity (Wildman–Crippen MR) is 91.8 cm³/mol. The number of nitrogens with zero attached hydrogens (tertiary/aromatic N) is 1. The highest BCUT2D eigenvalue weighted by Crippen LogP contribution is 2.40. The van der Waals surface area contributed by atoms with Gasteiger partial charge in [-0.1, -0.05) is 18.2 Å². The quantitative estimate of drug-likeness (QED) is 0.721. The summed E-state index contributed by atoms with van der Waals surface area (Å²) in [4.78, 5) is 48.8. The molecule has 0 spiro atoms. The minimum atomic E-state index is -1.13. The fourth-order valence-electron chi connectivity index (χ4n) is 3.63. The van der Waals surface area contributed by atoms with E-state index >= 15 is 0 Å². The van der Waals surface area contributed by atoms with Crippen LogP contribution in [0.1, 0.15) is 28.8 Å². The van der Waals surface area contributed by atoms with Crippen LogP contribution >= 0.6 is 0 Å². The number of anilines is 1. The van der Waals surface area contributed by atoms with Crippen molar-refractivity contribution in [3.63, 3.8) is 0 Å². The number of carbonyl (C=O) groups is 4. The third-order valence-electron chi connectivity index (χ3n) is 4.77. The highest BCUT2D eigenvalue weighted by atomic mass is 16.4. The molecule has 26 heavy (non-hydrogen) atoms. The number of piperidine rings is 1. The molecule has 1 unspecified atom stereocenters. The zero-order valence-electron chi connectivity index (χ0n) is 13.6. The van der Waals surface area contributed by atoms with Gasteiger partial charge < -0.3 is 10.4 Å². The molecule has 2 aliphatic heterocycles.